The van der Waals surface area contributed by atoms with Crippen molar-refractivity contribution < 1.29 is 27.9 Å². The molecule has 1 aliphatic rings. The number of halogens is 3. The summed E-state index contributed by atoms with van der Waals surface area (Å²) in [6, 6.07) is 0.638. The van der Waals surface area contributed by atoms with E-state index in [0.29, 0.717) is 0 Å². The molecular weight excluding hydrogens is 293 g/mol. The first-order valence-corrected chi connectivity index (χ1v) is 5.89. The van der Waals surface area contributed by atoms with Gasteiger partial charge >= 0.3 is 18.2 Å². The van der Waals surface area contributed by atoms with Crippen molar-refractivity contribution in [3.63, 3.8) is 0 Å². The zero-order chi connectivity index (χ0) is 15.7. The van der Waals surface area contributed by atoms with Gasteiger partial charge in [0, 0.05) is 25.5 Å². The van der Waals surface area contributed by atoms with E-state index in [0.717, 1.165) is 4.90 Å². The molecule has 1 aromatic rings. The summed E-state index contributed by atoms with van der Waals surface area (Å²) in [6.07, 6.45) is -2.92. The summed E-state index contributed by atoms with van der Waals surface area (Å²) in [6.45, 7) is -1.25. The zero-order valence-electron chi connectivity index (χ0n) is 10.6. The number of carbonyl (C=O) groups excluding carboxylic acids is 1. The van der Waals surface area contributed by atoms with Gasteiger partial charge < -0.3 is 10.0 Å². The summed E-state index contributed by atoms with van der Waals surface area (Å²) in [5.74, 6) is -2.05. The maximum absolute atomic E-state index is 13.0. The smallest absolute Gasteiger partial charge is 0.406 e. The number of hydrogen-bond donors (Lipinski definition) is 2. The molecule has 2 rings (SSSR count). The summed E-state index contributed by atoms with van der Waals surface area (Å²) < 4.78 is 38.9. The number of nitrogens with zero attached hydrogens (tertiary/aromatic N) is 3. The van der Waals surface area contributed by atoms with Crippen molar-refractivity contribution in [2.24, 2.45) is 5.41 Å². The SMILES string of the molecule is O=C(Nc1ncccn1)N1CCC(C(=O)O)(C(F)(F)F)C1. The number of amides is 2. The monoisotopic (exact) mass is 304 g/mol. The molecule has 1 atom stereocenters. The van der Waals surface area contributed by atoms with Gasteiger partial charge in [-0.2, -0.15) is 13.2 Å². The first-order valence-electron chi connectivity index (χ1n) is 5.89. The van der Waals surface area contributed by atoms with E-state index < -0.39 is 36.6 Å². The standard InChI is InChI=1S/C11H11F3N4O3/c12-11(13,14)10(7(19)20)2-5-18(6-10)9(21)17-8-15-3-1-4-16-8/h1,3-4H,2,5-6H2,(H,19,20)(H,15,16,17,21). The molecule has 0 radical (unpaired) electrons. The molecule has 7 nitrogen and oxygen atoms in total. The number of likely N-dealkylation sites (tertiary alicyclic amines) is 1. The number of alkyl halides is 3. The van der Waals surface area contributed by atoms with E-state index in [1.807, 2.05) is 0 Å². The van der Waals surface area contributed by atoms with Crippen LogP contribution in [0.5, 0.6) is 0 Å². The van der Waals surface area contributed by atoms with Crippen LogP contribution in [0, 0.1) is 5.41 Å². The summed E-state index contributed by atoms with van der Waals surface area (Å²) >= 11 is 0. The van der Waals surface area contributed by atoms with Crippen molar-refractivity contribution in [3.8, 4) is 0 Å². The molecule has 0 bridgehead atoms. The minimum atomic E-state index is -4.93. The molecule has 1 unspecified atom stereocenters. The van der Waals surface area contributed by atoms with Crippen LogP contribution in [-0.4, -0.2) is 51.2 Å². The Labute approximate surface area is 116 Å². The molecule has 2 N–H and O–H groups in total. The lowest BCUT2D eigenvalue weighted by Crippen LogP contribution is -2.48. The molecule has 0 saturated carbocycles. The number of aliphatic carboxylic acids is 1. The Bertz CT molecular complexity index is 551. The lowest BCUT2D eigenvalue weighted by molar-refractivity contribution is -0.226. The Morgan fingerprint density at radius 3 is 2.43 bits per heavy atom. The molecule has 21 heavy (non-hydrogen) atoms. The molecule has 2 heterocycles. The first-order chi connectivity index (χ1) is 9.76. The van der Waals surface area contributed by atoms with Gasteiger partial charge in [-0.05, 0) is 12.5 Å². The van der Waals surface area contributed by atoms with Gasteiger partial charge in [0.15, 0.2) is 5.41 Å². The van der Waals surface area contributed by atoms with Gasteiger partial charge in [0.1, 0.15) is 0 Å². The molecule has 0 aromatic carbocycles. The average molecular weight is 304 g/mol. The maximum Gasteiger partial charge on any atom is 0.406 e. The topological polar surface area (TPSA) is 95.4 Å². The van der Waals surface area contributed by atoms with Crippen molar-refractivity contribution in [2.75, 3.05) is 18.4 Å². The van der Waals surface area contributed by atoms with Crippen molar-refractivity contribution in [2.45, 2.75) is 12.6 Å². The van der Waals surface area contributed by atoms with Crippen LogP contribution in [0.25, 0.3) is 0 Å². The zero-order valence-corrected chi connectivity index (χ0v) is 10.6. The molecule has 2 amide bonds. The molecule has 1 aliphatic heterocycles. The molecule has 114 valence electrons. The Kier molecular flexibility index (Phi) is 3.71. The highest BCUT2D eigenvalue weighted by atomic mass is 19.4. The van der Waals surface area contributed by atoms with Crippen LogP contribution in [0.15, 0.2) is 18.5 Å². The largest absolute Gasteiger partial charge is 0.481 e. The van der Waals surface area contributed by atoms with Crippen molar-refractivity contribution in [1.82, 2.24) is 14.9 Å². The highest BCUT2D eigenvalue weighted by molar-refractivity contribution is 5.88. The summed E-state index contributed by atoms with van der Waals surface area (Å²) in [4.78, 5) is 31.0. The minimum absolute atomic E-state index is 0.0673. The van der Waals surface area contributed by atoms with Gasteiger partial charge in [-0.15, -0.1) is 0 Å². The van der Waals surface area contributed by atoms with Crippen LogP contribution >= 0.6 is 0 Å². The first kappa shape index (κ1) is 15.0. The number of nitrogens with one attached hydrogen (secondary N) is 1. The van der Waals surface area contributed by atoms with Gasteiger partial charge in [0.2, 0.25) is 5.95 Å². The van der Waals surface area contributed by atoms with E-state index in [4.69, 9.17) is 5.11 Å². The predicted molar refractivity (Wildman–Crippen MR) is 63.4 cm³/mol. The second-order valence-corrected chi connectivity index (χ2v) is 4.56. The molecule has 0 aliphatic carbocycles. The predicted octanol–water partition coefficient (Wildman–Crippen LogP) is 1.35. The summed E-state index contributed by atoms with van der Waals surface area (Å²) in [5, 5.41) is 11.1. The van der Waals surface area contributed by atoms with E-state index >= 15 is 0 Å². The van der Waals surface area contributed by atoms with E-state index in [9.17, 15) is 22.8 Å². The van der Waals surface area contributed by atoms with Crippen LogP contribution in [-0.2, 0) is 4.79 Å². The summed E-state index contributed by atoms with van der Waals surface area (Å²) in [7, 11) is 0. The minimum Gasteiger partial charge on any atom is -0.481 e. The van der Waals surface area contributed by atoms with E-state index in [2.05, 4.69) is 15.3 Å². The van der Waals surface area contributed by atoms with Crippen LogP contribution in [0.3, 0.4) is 0 Å². The number of rotatable bonds is 2. The van der Waals surface area contributed by atoms with Crippen LogP contribution in [0.2, 0.25) is 0 Å². The molecule has 1 fully saturated rings. The second-order valence-electron chi connectivity index (χ2n) is 4.56. The lowest BCUT2D eigenvalue weighted by Gasteiger charge is -2.27. The third-order valence-electron chi connectivity index (χ3n) is 3.29. The van der Waals surface area contributed by atoms with Gasteiger partial charge in [0.05, 0.1) is 0 Å². The fourth-order valence-corrected chi connectivity index (χ4v) is 2.05. The quantitative estimate of drug-likeness (QED) is 0.860. The normalized spacial score (nSPS) is 22.1. The third-order valence-corrected chi connectivity index (χ3v) is 3.29. The number of carboxylic acids is 1. The molecule has 1 saturated heterocycles. The highest BCUT2D eigenvalue weighted by Gasteiger charge is 2.64. The van der Waals surface area contributed by atoms with Crippen molar-refractivity contribution >= 4 is 17.9 Å². The summed E-state index contributed by atoms with van der Waals surface area (Å²) in [5.41, 5.74) is -2.93. The molecule has 10 heteroatoms. The van der Waals surface area contributed by atoms with E-state index in [-0.39, 0.29) is 12.5 Å². The number of hydrogen-bond acceptors (Lipinski definition) is 4. The number of anilines is 1. The van der Waals surface area contributed by atoms with Gasteiger partial charge in [-0.3, -0.25) is 10.1 Å². The third kappa shape index (κ3) is 2.73. The fraction of sp³-hybridized carbons (Fsp3) is 0.455. The average Bonchev–Trinajstić information content (AvgIpc) is 2.86. The van der Waals surface area contributed by atoms with Crippen LogP contribution < -0.4 is 5.32 Å². The van der Waals surface area contributed by atoms with Crippen LogP contribution in [0.1, 0.15) is 6.42 Å². The number of carbonyl (C=O) groups is 2. The Balaban J connectivity index is 2.11. The second kappa shape index (κ2) is 5.19. The maximum atomic E-state index is 13.0. The van der Waals surface area contributed by atoms with E-state index in [1.54, 1.807) is 0 Å². The van der Waals surface area contributed by atoms with Gasteiger partial charge in [0.25, 0.3) is 0 Å². The fourth-order valence-electron chi connectivity index (χ4n) is 2.05. The van der Waals surface area contributed by atoms with Crippen molar-refractivity contribution in [1.29, 1.82) is 0 Å². The molecular formula is C11H11F3N4O3. The highest BCUT2D eigenvalue weighted by Crippen LogP contribution is 2.45. The van der Waals surface area contributed by atoms with E-state index in [1.165, 1.54) is 18.5 Å². The van der Waals surface area contributed by atoms with Crippen LogP contribution in [0.4, 0.5) is 23.9 Å². The number of urea groups is 1. The van der Waals surface area contributed by atoms with Gasteiger partial charge in [-0.25, -0.2) is 14.8 Å². The number of aromatic nitrogens is 2. The van der Waals surface area contributed by atoms with Gasteiger partial charge in [-0.1, -0.05) is 0 Å². The Morgan fingerprint density at radius 2 is 1.95 bits per heavy atom. The molecule has 0 spiro atoms. The Morgan fingerprint density at radius 1 is 1.33 bits per heavy atom. The Hall–Kier alpha value is -2.39. The number of carboxylic acid groups (broad SMARTS) is 1. The lowest BCUT2D eigenvalue weighted by atomic mass is 9.86. The van der Waals surface area contributed by atoms with Crippen molar-refractivity contribution in [3.05, 3.63) is 18.5 Å². The molecule has 1 aromatic heterocycles.